The molecule has 0 fully saturated rings. The number of nitrogens with zero attached hydrogens (tertiary/aromatic N) is 5. The second kappa shape index (κ2) is 7.94. The van der Waals surface area contributed by atoms with Gasteiger partial charge < -0.3 is 20.2 Å². The van der Waals surface area contributed by atoms with Gasteiger partial charge in [0.2, 0.25) is 11.0 Å². The summed E-state index contributed by atoms with van der Waals surface area (Å²) in [5.74, 6) is -0.718. The highest BCUT2D eigenvalue weighted by Crippen LogP contribution is 2.34. The second-order valence-corrected chi connectivity index (χ2v) is 6.04. The number of anilines is 1. The average molecular weight is 409 g/mol. The van der Waals surface area contributed by atoms with Crippen LogP contribution < -0.4 is 10.1 Å². The van der Waals surface area contributed by atoms with Crippen molar-refractivity contribution < 1.29 is 22.8 Å². The van der Waals surface area contributed by atoms with Gasteiger partial charge in [0.15, 0.2) is 0 Å². The Bertz CT molecular complexity index is 842. The van der Waals surface area contributed by atoms with Crippen molar-refractivity contribution in [2.24, 2.45) is 7.05 Å². The third-order valence-corrected chi connectivity index (χ3v) is 3.74. The van der Waals surface area contributed by atoms with Gasteiger partial charge in [0.25, 0.3) is 0 Å². The third kappa shape index (κ3) is 4.96. The van der Waals surface area contributed by atoms with Crippen molar-refractivity contribution in [3.05, 3.63) is 32.9 Å². The van der Waals surface area contributed by atoms with E-state index in [-0.39, 0.29) is 29.9 Å². The maximum atomic E-state index is 13.0. The number of aryl methyl sites for hydroxylation is 2. The molecule has 148 valence electrons. The number of nitro groups is 1. The number of nitrogens with one attached hydrogen (secondary N) is 1. The molecule has 2 aromatic heterocycles. The van der Waals surface area contributed by atoms with Gasteiger partial charge in [-0.3, -0.25) is 0 Å². The molecule has 0 unspecified atom stereocenters. The zero-order valence-electron chi connectivity index (χ0n) is 14.5. The van der Waals surface area contributed by atoms with Gasteiger partial charge in [-0.2, -0.15) is 13.2 Å². The summed E-state index contributed by atoms with van der Waals surface area (Å²) in [6.45, 7) is 3.19. The van der Waals surface area contributed by atoms with Crippen molar-refractivity contribution in [1.82, 2.24) is 19.7 Å². The molecule has 0 saturated heterocycles. The predicted octanol–water partition coefficient (Wildman–Crippen LogP) is 3.37. The van der Waals surface area contributed by atoms with Crippen LogP contribution >= 0.6 is 11.6 Å². The minimum atomic E-state index is -4.64. The lowest BCUT2D eigenvalue weighted by molar-refractivity contribution is -0.393. The lowest BCUT2D eigenvalue weighted by atomic mass is 10.2. The predicted molar refractivity (Wildman–Crippen MR) is 89.8 cm³/mol. The third-order valence-electron chi connectivity index (χ3n) is 3.56. The van der Waals surface area contributed by atoms with Crippen LogP contribution in [0.1, 0.15) is 24.6 Å². The molecule has 0 aliphatic carbocycles. The molecule has 0 amide bonds. The second-order valence-electron chi connectivity index (χ2n) is 5.70. The van der Waals surface area contributed by atoms with Crippen LogP contribution in [0.3, 0.4) is 0 Å². The zero-order chi connectivity index (χ0) is 20.4. The molecule has 0 spiro atoms. The summed E-state index contributed by atoms with van der Waals surface area (Å²) in [4.78, 5) is 17.4. The maximum Gasteiger partial charge on any atom is 0.421 e. The van der Waals surface area contributed by atoms with E-state index < -0.39 is 28.5 Å². The summed E-state index contributed by atoms with van der Waals surface area (Å²) in [6, 6.07) is -0.492. The molecule has 13 heteroatoms. The first-order valence-corrected chi connectivity index (χ1v) is 8.05. The fourth-order valence-corrected chi connectivity index (χ4v) is 2.45. The highest BCUT2D eigenvalue weighted by Gasteiger charge is 2.35. The number of alkyl halides is 3. The lowest BCUT2D eigenvalue weighted by Crippen LogP contribution is -2.22. The first-order chi connectivity index (χ1) is 12.5. The molecule has 0 aliphatic heterocycles. The number of aromatic nitrogens is 4. The van der Waals surface area contributed by atoms with E-state index in [0.717, 1.165) is 4.68 Å². The summed E-state index contributed by atoms with van der Waals surface area (Å²) in [5, 5.41) is 17.3. The van der Waals surface area contributed by atoms with E-state index in [4.69, 9.17) is 16.3 Å². The van der Waals surface area contributed by atoms with Gasteiger partial charge in [0.05, 0.1) is 6.61 Å². The molecule has 2 aromatic rings. The van der Waals surface area contributed by atoms with E-state index in [9.17, 15) is 23.3 Å². The van der Waals surface area contributed by atoms with E-state index in [2.05, 4.69) is 20.4 Å². The van der Waals surface area contributed by atoms with E-state index >= 15 is 0 Å². The first-order valence-electron chi connectivity index (χ1n) is 7.67. The van der Waals surface area contributed by atoms with Crippen LogP contribution in [0.2, 0.25) is 5.28 Å². The van der Waals surface area contributed by atoms with Gasteiger partial charge in [0.1, 0.15) is 24.1 Å². The molecule has 0 bridgehead atoms. The first kappa shape index (κ1) is 20.7. The summed E-state index contributed by atoms with van der Waals surface area (Å²) in [7, 11) is 1.42. The van der Waals surface area contributed by atoms with Crippen molar-refractivity contribution in [2.45, 2.75) is 32.5 Å². The molecule has 1 N–H and O–H groups in total. The smallest absolute Gasteiger partial charge is 0.421 e. The van der Waals surface area contributed by atoms with Crippen molar-refractivity contribution in [3.8, 4) is 5.75 Å². The summed E-state index contributed by atoms with van der Waals surface area (Å²) in [5.41, 5.74) is -0.704. The molecular weight excluding hydrogens is 393 g/mol. The molecule has 0 saturated carbocycles. The molecule has 2 rings (SSSR count). The molecule has 0 radical (unpaired) electrons. The van der Waals surface area contributed by atoms with Crippen molar-refractivity contribution in [3.63, 3.8) is 0 Å². The Labute approximate surface area is 156 Å². The number of hydrogen-bond donors (Lipinski definition) is 1. The minimum Gasteiger partial charge on any atom is -0.484 e. The molecule has 9 nitrogen and oxygen atoms in total. The van der Waals surface area contributed by atoms with E-state index in [1.807, 2.05) is 0 Å². The topological polar surface area (TPSA) is 108 Å². The van der Waals surface area contributed by atoms with Crippen LogP contribution in [-0.2, 0) is 13.2 Å². The standard InChI is InChI=1S/C14H16ClF3N6O3/c1-7(20-11-9(14(16,17)18)6-19-13(15)21-11)4-5-27-10-8(2)22-23(3)12(10)24(25)26/h6-7H,4-5H2,1-3H3,(H,19,20,21)/t7-/m1/s1. The van der Waals surface area contributed by atoms with Gasteiger partial charge in [-0.25, -0.2) is 9.97 Å². The van der Waals surface area contributed by atoms with Crippen LogP contribution in [0.25, 0.3) is 0 Å². The highest BCUT2D eigenvalue weighted by molar-refractivity contribution is 6.28. The van der Waals surface area contributed by atoms with Crippen LogP contribution in [0.4, 0.5) is 24.8 Å². The highest BCUT2D eigenvalue weighted by atomic mass is 35.5. The Kier molecular flexibility index (Phi) is 6.08. The Hall–Kier alpha value is -2.63. The minimum absolute atomic E-state index is 0.0156. The maximum absolute atomic E-state index is 13.0. The number of rotatable bonds is 7. The Balaban J connectivity index is 2.04. The fourth-order valence-electron chi connectivity index (χ4n) is 2.32. The average Bonchev–Trinajstić information content (AvgIpc) is 2.80. The number of ether oxygens (including phenoxy) is 1. The molecular formula is C14H16ClF3N6O3. The summed E-state index contributed by atoms with van der Waals surface area (Å²) < 4.78 is 45.6. The Morgan fingerprint density at radius 1 is 1.48 bits per heavy atom. The summed E-state index contributed by atoms with van der Waals surface area (Å²) in [6.07, 6.45) is -3.80. The monoisotopic (exact) mass is 408 g/mol. The van der Waals surface area contributed by atoms with Gasteiger partial charge in [-0.15, -0.1) is 4.68 Å². The molecule has 27 heavy (non-hydrogen) atoms. The largest absolute Gasteiger partial charge is 0.484 e. The van der Waals surface area contributed by atoms with E-state index in [1.165, 1.54) is 7.05 Å². The van der Waals surface area contributed by atoms with Gasteiger partial charge >= 0.3 is 12.0 Å². The zero-order valence-corrected chi connectivity index (χ0v) is 15.3. The fraction of sp³-hybridized carbons (Fsp3) is 0.500. The normalized spacial score (nSPS) is 12.7. The molecule has 0 aliphatic rings. The Morgan fingerprint density at radius 3 is 2.74 bits per heavy atom. The van der Waals surface area contributed by atoms with Gasteiger partial charge in [-0.05, 0) is 30.4 Å². The number of halogens is 4. The van der Waals surface area contributed by atoms with Crippen LogP contribution in [-0.4, -0.2) is 37.3 Å². The SMILES string of the molecule is Cc1nn(C)c([N+](=O)[O-])c1OCC[C@@H](C)Nc1nc(Cl)ncc1C(F)(F)F. The van der Waals surface area contributed by atoms with Crippen molar-refractivity contribution in [2.75, 3.05) is 11.9 Å². The van der Waals surface area contributed by atoms with Gasteiger partial charge in [-0.1, -0.05) is 5.10 Å². The Morgan fingerprint density at radius 2 is 2.15 bits per heavy atom. The van der Waals surface area contributed by atoms with Crippen LogP contribution in [0.15, 0.2) is 6.20 Å². The van der Waals surface area contributed by atoms with Gasteiger partial charge in [0, 0.05) is 18.7 Å². The quantitative estimate of drug-likeness (QED) is 0.425. The summed E-state index contributed by atoms with van der Waals surface area (Å²) >= 11 is 5.57. The molecule has 0 aromatic carbocycles. The van der Waals surface area contributed by atoms with Crippen LogP contribution in [0.5, 0.6) is 5.75 Å². The number of hydrogen-bond acceptors (Lipinski definition) is 7. The lowest BCUT2D eigenvalue weighted by Gasteiger charge is -2.18. The molecule has 2 heterocycles. The van der Waals surface area contributed by atoms with Crippen LogP contribution in [0, 0.1) is 17.0 Å². The van der Waals surface area contributed by atoms with E-state index in [0.29, 0.717) is 11.9 Å². The van der Waals surface area contributed by atoms with Crippen molar-refractivity contribution in [1.29, 1.82) is 0 Å². The van der Waals surface area contributed by atoms with Crippen molar-refractivity contribution >= 4 is 23.2 Å². The molecule has 1 atom stereocenters. The van der Waals surface area contributed by atoms with E-state index in [1.54, 1.807) is 13.8 Å².